The normalized spacial score (nSPS) is 14.0. The summed E-state index contributed by atoms with van der Waals surface area (Å²) in [5, 5.41) is 11.1. The van der Waals surface area contributed by atoms with Crippen molar-refractivity contribution in [3.05, 3.63) is 104 Å². The van der Waals surface area contributed by atoms with E-state index in [2.05, 4.69) is 4.99 Å². The molecule has 0 amide bonds. The number of ether oxygens (including phenoxy) is 3. The molecular weight excluding hydrogens is 460 g/mol. The molecule has 0 unspecified atom stereocenters. The van der Waals surface area contributed by atoms with Gasteiger partial charge in [-0.1, -0.05) is 29.8 Å². The van der Waals surface area contributed by atoms with Crippen LogP contribution in [0.3, 0.4) is 0 Å². The third-order valence-electron chi connectivity index (χ3n) is 4.81. The van der Waals surface area contributed by atoms with Crippen LogP contribution in [-0.4, -0.2) is 23.4 Å². The Hall–Kier alpha value is -4.17. The van der Waals surface area contributed by atoms with E-state index in [4.69, 9.17) is 25.8 Å². The molecule has 0 radical (unpaired) electrons. The van der Waals surface area contributed by atoms with E-state index in [0.29, 0.717) is 29.2 Å². The van der Waals surface area contributed by atoms with E-state index in [9.17, 15) is 14.9 Å². The summed E-state index contributed by atoms with van der Waals surface area (Å²) < 4.78 is 16.8. The molecule has 1 heterocycles. The third kappa shape index (κ3) is 5.24. The van der Waals surface area contributed by atoms with Gasteiger partial charge < -0.3 is 14.2 Å². The maximum atomic E-state index is 12.3. The fraction of sp³-hybridized carbons (Fsp3) is 0.120. The number of aliphatic imine (C=N–C) groups is 1. The van der Waals surface area contributed by atoms with Gasteiger partial charge in [-0.2, -0.15) is 0 Å². The molecule has 0 spiro atoms. The van der Waals surface area contributed by atoms with Gasteiger partial charge in [0.2, 0.25) is 5.90 Å². The lowest BCUT2D eigenvalue weighted by atomic mass is 10.1. The van der Waals surface area contributed by atoms with Crippen LogP contribution in [0.2, 0.25) is 5.02 Å². The van der Waals surface area contributed by atoms with Gasteiger partial charge in [0.05, 0.1) is 16.6 Å². The number of esters is 1. The van der Waals surface area contributed by atoms with Crippen LogP contribution in [0.15, 0.2) is 77.4 Å². The number of cyclic esters (lactones) is 1. The second kappa shape index (κ2) is 10.2. The van der Waals surface area contributed by atoms with Crippen LogP contribution in [0.25, 0.3) is 6.08 Å². The van der Waals surface area contributed by atoms with Crippen molar-refractivity contribution in [1.82, 2.24) is 0 Å². The molecule has 0 atom stereocenters. The van der Waals surface area contributed by atoms with Gasteiger partial charge in [0.15, 0.2) is 17.2 Å². The number of non-ortho nitro benzene ring substituents is 1. The molecule has 0 aliphatic carbocycles. The average Bonchev–Trinajstić information content (AvgIpc) is 3.19. The number of halogens is 1. The van der Waals surface area contributed by atoms with E-state index in [-0.39, 0.29) is 28.9 Å². The molecule has 0 saturated carbocycles. The van der Waals surface area contributed by atoms with Crippen molar-refractivity contribution >= 4 is 35.2 Å². The Morgan fingerprint density at radius 3 is 2.50 bits per heavy atom. The quantitative estimate of drug-likeness (QED) is 0.181. The fourth-order valence-corrected chi connectivity index (χ4v) is 3.49. The SMILES string of the molecule is CCOc1cc(/C=C2\N=C(c3ccccc3)OC2=O)cc(Cl)c1OCc1ccc([N+](=O)[O-])cc1. The number of nitrogens with zero attached hydrogens (tertiary/aromatic N) is 2. The van der Waals surface area contributed by atoms with E-state index < -0.39 is 10.9 Å². The lowest BCUT2D eigenvalue weighted by Crippen LogP contribution is -2.05. The monoisotopic (exact) mass is 478 g/mol. The van der Waals surface area contributed by atoms with Crippen molar-refractivity contribution in [1.29, 1.82) is 0 Å². The molecule has 0 fully saturated rings. The zero-order valence-corrected chi connectivity index (χ0v) is 18.8. The summed E-state index contributed by atoms with van der Waals surface area (Å²) in [4.78, 5) is 27.0. The molecule has 0 aromatic heterocycles. The van der Waals surface area contributed by atoms with Crippen molar-refractivity contribution in [3.8, 4) is 11.5 Å². The van der Waals surface area contributed by atoms with Crippen LogP contribution in [0.5, 0.6) is 11.5 Å². The number of carbonyl (C=O) groups excluding carboxylic acids is 1. The van der Waals surface area contributed by atoms with E-state index >= 15 is 0 Å². The number of nitro groups is 1. The van der Waals surface area contributed by atoms with Gasteiger partial charge in [0.1, 0.15) is 6.61 Å². The number of hydrogen-bond acceptors (Lipinski definition) is 7. The molecule has 3 aromatic rings. The highest BCUT2D eigenvalue weighted by atomic mass is 35.5. The first kappa shape index (κ1) is 23.0. The third-order valence-corrected chi connectivity index (χ3v) is 5.09. The molecule has 1 aliphatic rings. The fourth-order valence-electron chi connectivity index (χ4n) is 3.21. The molecule has 8 nitrogen and oxygen atoms in total. The molecular formula is C25H19ClN2O6. The van der Waals surface area contributed by atoms with Crippen LogP contribution in [0.4, 0.5) is 5.69 Å². The summed E-state index contributed by atoms with van der Waals surface area (Å²) >= 11 is 6.47. The van der Waals surface area contributed by atoms with Gasteiger partial charge >= 0.3 is 5.97 Å². The van der Waals surface area contributed by atoms with Crippen molar-refractivity contribution < 1.29 is 23.9 Å². The van der Waals surface area contributed by atoms with Gasteiger partial charge in [-0.25, -0.2) is 9.79 Å². The van der Waals surface area contributed by atoms with Crippen LogP contribution in [-0.2, 0) is 16.1 Å². The Kier molecular flexibility index (Phi) is 6.89. The minimum atomic E-state index is -0.563. The number of rotatable bonds is 8. The number of hydrogen-bond donors (Lipinski definition) is 0. The molecule has 4 rings (SSSR count). The summed E-state index contributed by atoms with van der Waals surface area (Å²) in [6, 6.07) is 18.5. The van der Waals surface area contributed by atoms with Gasteiger partial charge in [-0.15, -0.1) is 0 Å². The molecule has 172 valence electrons. The van der Waals surface area contributed by atoms with Crippen LogP contribution >= 0.6 is 11.6 Å². The van der Waals surface area contributed by atoms with E-state index in [1.54, 1.807) is 42.5 Å². The largest absolute Gasteiger partial charge is 0.490 e. The topological polar surface area (TPSA) is 100 Å². The summed E-state index contributed by atoms with van der Waals surface area (Å²) in [5.74, 6) is 0.386. The molecule has 0 saturated heterocycles. The van der Waals surface area contributed by atoms with Gasteiger partial charge in [0.25, 0.3) is 5.69 Å². The number of nitro benzene ring substituents is 1. The first-order valence-electron chi connectivity index (χ1n) is 10.3. The maximum Gasteiger partial charge on any atom is 0.363 e. The Balaban J connectivity index is 1.57. The number of carbonyl (C=O) groups is 1. The van der Waals surface area contributed by atoms with Crippen molar-refractivity contribution in [3.63, 3.8) is 0 Å². The predicted molar refractivity (Wildman–Crippen MR) is 127 cm³/mol. The first-order valence-corrected chi connectivity index (χ1v) is 10.7. The summed E-state index contributed by atoms with van der Waals surface area (Å²) in [5.41, 5.74) is 2.14. The van der Waals surface area contributed by atoms with Crippen LogP contribution < -0.4 is 9.47 Å². The predicted octanol–water partition coefficient (Wildman–Crippen LogP) is 5.57. The Bertz CT molecular complexity index is 1290. The Morgan fingerprint density at radius 2 is 1.82 bits per heavy atom. The minimum absolute atomic E-state index is 0.00213. The van der Waals surface area contributed by atoms with Crippen molar-refractivity contribution in [2.24, 2.45) is 4.99 Å². The van der Waals surface area contributed by atoms with Gasteiger partial charge in [-0.3, -0.25) is 10.1 Å². The molecule has 3 aromatic carbocycles. The zero-order valence-electron chi connectivity index (χ0n) is 18.1. The van der Waals surface area contributed by atoms with Crippen LogP contribution in [0, 0.1) is 10.1 Å². The highest BCUT2D eigenvalue weighted by molar-refractivity contribution is 6.32. The summed E-state index contributed by atoms with van der Waals surface area (Å²) in [6.07, 6.45) is 1.56. The van der Waals surface area contributed by atoms with Crippen LogP contribution in [0.1, 0.15) is 23.6 Å². The molecule has 0 bridgehead atoms. The van der Waals surface area contributed by atoms with Gasteiger partial charge in [0, 0.05) is 17.7 Å². The average molecular weight is 479 g/mol. The lowest BCUT2D eigenvalue weighted by Gasteiger charge is -2.14. The smallest absolute Gasteiger partial charge is 0.363 e. The molecule has 0 N–H and O–H groups in total. The Morgan fingerprint density at radius 1 is 1.09 bits per heavy atom. The second-order valence-corrected chi connectivity index (χ2v) is 7.58. The molecule has 9 heteroatoms. The van der Waals surface area contributed by atoms with E-state index in [1.807, 2.05) is 25.1 Å². The zero-order chi connectivity index (χ0) is 24.1. The van der Waals surface area contributed by atoms with Gasteiger partial charge in [-0.05, 0) is 60.5 Å². The van der Waals surface area contributed by atoms with Crippen molar-refractivity contribution in [2.75, 3.05) is 6.61 Å². The highest BCUT2D eigenvalue weighted by Crippen LogP contribution is 2.38. The minimum Gasteiger partial charge on any atom is -0.490 e. The second-order valence-electron chi connectivity index (χ2n) is 7.18. The first-order chi connectivity index (χ1) is 16.4. The van der Waals surface area contributed by atoms with E-state index in [1.165, 1.54) is 12.1 Å². The lowest BCUT2D eigenvalue weighted by molar-refractivity contribution is -0.384. The Labute approximate surface area is 200 Å². The summed E-state index contributed by atoms with van der Waals surface area (Å²) in [7, 11) is 0. The number of benzene rings is 3. The maximum absolute atomic E-state index is 12.3. The highest BCUT2D eigenvalue weighted by Gasteiger charge is 2.24. The summed E-state index contributed by atoms with van der Waals surface area (Å²) in [6.45, 7) is 2.32. The van der Waals surface area contributed by atoms with Crippen molar-refractivity contribution in [2.45, 2.75) is 13.5 Å². The van der Waals surface area contributed by atoms with E-state index in [0.717, 1.165) is 5.56 Å². The molecule has 34 heavy (non-hydrogen) atoms. The standard InChI is InChI=1S/C25H19ClN2O6/c1-2-32-22-14-17(13-21-25(29)34-24(27-21)18-6-4-3-5-7-18)12-20(26)23(22)33-15-16-8-10-19(11-9-16)28(30)31/h3-14H,2,15H2,1H3/b21-13-. The molecule has 1 aliphatic heterocycles.